The van der Waals surface area contributed by atoms with Gasteiger partial charge in [-0.25, -0.2) is 12.2 Å². The number of hydrogen-bond acceptors (Lipinski definition) is 0. The fourth-order valence-electron chi connectivity index (χ4n) is 4.10. The Bertz CT molecular complexity index is 1040. The molecule has 2 heteroatoms. The average Bonchev–Trinajstić information content (AvgIpc) is 3.48. The molecule has 1 heterocycles. The Kier molecular flexibility index (Phi) is 8.67. The van der Waals surface area contributed by atoms with Crippen molar-refractivity contribution in [2.75, 3.05) is 0 Å². The van der Waals surface area contributed by atoms with Crippen LogP contribution in [0, 0.1) is 6.08 Å². The van der Waals surface area contributed by atoms with Crippen molar-refractivity contribution in [3.63, 3.8) is 0 Å². The third kappa shape index (κ3) is 6.94. The molecule has 0 nitrogen and oxygen atoms in total. The van der Waals surface area contributed by atoms with E-state index in [1.54, 1.807) is 24.9 Å². The number of allylic oxidation sites excluding steroid dienone is 4. The van der Waals surface area contributed by atoms with Gasteiger partial charge in [0.1, 0.15) is 0 Å². The van der Waals surface area contributed by atoms with Crippen molar-refractivity contribution in [1.82, 2.24) is 0 Å². The van der Waals surface area contributed by atoms with E-state index in [0.29, 0.717) is 5.43 Å². The quantitative estimate of drug-likeness (QED) is 0.206. The first-order chi connectivity index (χ1) is 15.1. The van der Waals surface area contributed by atoms with E-state index in [1.807, 2.05) is 35.5 Å². The molecule has 5 rings (SSSR count). The van der Waals surface area contributed by atoms with Gasteiger partial charge in [0.15, 0.2) is 0 Å². The molecule has 0 N–H and O–H groups in total. The Morgan fingerprint density at radius 1 is 0.812 bits per heavy atom. The molecule has 0 saturated carbocycles. The molecule has 3 aromatic rings. The third-order valence-corrected chi connectivity index (χ3v) is 11.8. The van der Waals surface area contributed by atoms with Crippen molar-refractivity contribution in [2.45, 2.75) is 83.7 Å². The molecule has 1 aliphatic carbocycles. The van der Waals surface area contributed by atoms with Gasteiger partial charge in [0.05, 0.1) is 0 Å². The van der Waals surface area contributed by atoms with Crippen molar-refractivity contribution < 1.29 is 23.3 Å². The molecule has 0 radical (unpaired) electrons. The minimum absolute atomic E-state index is 0.203. The molecule has 1 aliphatic heterocycles. The monoisotopic (exact) mass is 516 g/mol. The maximum absolute atomic E-state index is 2.99. The molecule has 0 amide bonds. The molecular weight excluding hydrogens is 480 g/mol. The molecule has 0 spiro atoms. The van der Waals surface area contributed by atoms with E-state index in [2.05, 4.69) is 96.2 Å². The van der Waals surface area contributed by atoms with Gasteiger partial charge in [-0.05, 0) is 10.8 Å². The number of benzene rings is 2. The van der Waals surface area contributed by atoms with Gasteiger partial charge >= 0.3 is 53.7 Å². The number of rotatable bonds is 0. The zero-order valence-corrected chi connectivity index (χ0v) is 24.3. The predicted octanol–water partition coefficient (Wildman–Crippen LogP) is 8.93. The summed E-state index contributed by atoms with van der Waals surface area (Å²) in [6, 6.07) is 19.4. The van der Waals surface area contributed by atoms with Gasteiger partial charge in [-0.3, -0.25) is 6.08 Å². The molecule has 1 saturated heterocycles. The SMILES string of the molecule is CC(C)(C)c1ccc2c(c1)[cH-]c1cc(C(C)(C)C)ccc12.[C-]1=CC=CC1.[Zr+2]=[Si]1CCCC1. The second-order valence-electron chi connectivity index (χ2n) is 11.1. The Balaban J connectivity index is 0.000000213. The minimum atomic E-state index is 0.203. The third-order valence-electron chi connectivity index (χ3n) is 6.23. The van der Waals surface area contributed by atoms with Gasteiger partial charge in [0.2, 0.25) is 0 Å². The van der Waals surface area contributed by atoms with Crippen molar-refractivity contribution >= 4 is 27.0 Å². The fraction of sp³-hybridized carbons (Fsp3) is 0.433. The van der Waals surface area contributed by atoms with Crippen LogP contribution in [0.4, 0.5) is 0 Å². The molecule has 0 unspecified atom stereocenters. The topological polar surface area (TPSA) is 0 Å². The van der Waals surface area contributed by atoms with Crippen molar-refractivity contribution in [3.8, 4) is 0 Å². The Labute approximate surface area is 210 Å². The first-order valence-corrected chi connectivity index (χ1v) is 17.6. The molecule has 0 bridgehead atoms. The molecule has 0 atom stereocenters. The Hall–Kier alpha value is -1.11. The fourth-order valence-corrected chi connectivity index (χ4v) is 8.31. The van der Waals surface area contributed by atoms with Gasteiger partial charge < -0.3 is 0 Å². The number of fused-ring (bicyclic) bond motifs is 3. The van der Waals surface area contributed by atoms with Gasteiger partial charge in [0, 0.05) is 0 Å². The van der Waals surface area contributed by atoms with Gasteiger partial charge in [-0.2, -0.15) is 6.08 Å². The summed E-state index contributed by atoms with van der Waals surface area (Å²) in [6.45, 7) is 13.6. The van der Waals surface area contributed by atoms with Crippen LogP contribution in [0.5, 0.6) is 0 Å². The van der Waals surface area contributed by atoms with Crippen molar-refractivity contribution in [1.29, 1.82) is 0 Å². The van der Waals surface area contributed by atoms with Crippen LogP contribution in [0.25, 0.3) is 21.5 Å². The summed E-state index contributed by atoms with van der Waals surface area (Å²) in [5, 5.41) is 5.48. The van der Waals surface area contributed by atoms with Crippen LogP contribution >= 0.6 is 0 Å². The first kappa shape index (κ1) is 25.5. The van der Waals surface area contributed by atoms with E-state index in [-0.39, 0.29) is 10.8 Å². The standard InChI is InChI=1S/C21H25.C5H5.C4H8Si.Zr/c1-20(2,3)16-7-9-18-14(12-16)11-15-13-17(21(4,5)6)8-10-19(15)18;2*1-2-4-5-3-1;/h7-13H,1-6H3;1-3H,4H2;1-4H2;/q2*-1;;+2. The first-order valence-electron chi connectivity index (χ1n) is 12.0. The van der Waals surface area contributed by atoms with Gasteiger partial charge in [-0.15, -0.1) is 46.2 Å². The van der Waals surface area contributed by atoms with Crippen molar-refractivity contribution in [3.05, 3.63) is 77.9 Å². The second-order valence-corrected chi connectivity index (χ2v) is 18.5. The summed E-state index contributed by atoms with van der Waals surface area (Å²) < 4.78 is 0. The van der Waals surface area contributed by atoms with Crippen LogP contribution < -0.4 is 0 Å². The second kappa shape index (κ2) is 10.9. The maximum atomic E-state index is 2.99. The summed E-state index contributed by atoms with van der Waals surface area (Å²) in [5.74, 6) is 0. The van der Waals surface area contributed by atoms with Gasteiger partial charge in [-0.1, -0.05) is 76.9 Å². The van der Waals surface area contributed by atoms with Crippen LogP contribution in [0.3, 0.4) is 0 Å². The zero-order valence-electron chi connectivity index (χ0n) is 20.8. The molecule has 3 aromatic carbocycles. The summed E-state index contributed by atoms with van der Waals surface area (Å²) in [4.78, 5) is 0. The van der Waals surface area contributed by atoms with E-state index < -0.39 is 0 Å². The summed E-state index contributed by atoms with van der Waals surface area (Å²) in [7, 11) is 0. The van der Waals surface area contributed by atoms with Gasteiger partial charge in [0.25, 0.3) is 0 Å². The van der Waals surface area contributed by atoms with E-state index in [1.165, 1.54) is 32.7 Å². The summed E-state index contributed by atoms with van der Waals surface area (Å²) >= 11 is 1.87. The van der Waals surface area contributed by atoms with Crippen molar-refractivity contribution in [2.24, 2.45) is 0 Å². The molecule has 32 heavy (non-hydrogen) atoms. The summed E-state index contributed by atoms with van der Waals surface area (Å²) in [6.07, 6.45) is 13.1. The van der Waals surface area contributed by atoms with E-state index >= 15 is 0 Å². The van der Waals surface area contributed by atoms with Crippen LogP contribution in [0.1, 0.15) is 71.9 Å². The van der Waals surface area contributed by atoms with E-state index in [0.717, 1.165) is 6.42 Å². The Morgan fingerprint density at radius 2 is 1.31 bits per heavy atom. The number of hydrogen-bond donors (Lipinski definition) is 0. The van der Waals surface area contributed by atoms with E-state index in [4.69, 9.17) is 0 Å². The normalized spacial score (nSPS) is 15.7. The van der Waals surface area contributed by atoms with Crippen LogP contribution in [-0.4, -0.2) is 5.43 Å². The van der Waals surface area contributed by atoms with E-state index in [9.17, 15) is 0 Å². The molecule has 2 aliphatic rings. The Morgan fingerprint density at radius 3 is 1.59 bits per heavy atom. The molecule has 1 fully saturated rings. The van der Waals surface area contributed by atoms with Crippen LogP contribution in [0.15, 0.2) is 60.7 Å². The predicted molar refractivity (Wildman–Crippen MR) is 141 cm³/mol. The molecule has 0 aromatic heterocycles. The summed E-state index contributed by atoms with van der Waals surface area (Å²) in [5.41, 5.74) is 3.55. The van der Waals surface area contributed by atoms with Crippen LogP contribution in [-0.2, 0) is 34.2 Å². The van der Waals surface area contributed by atoms with Crippen LogP contribution in [0.2, 0.25) is 12.1 Å². The molecule has 166 valence electrons. The molecular formula is C30H38SiZr. The zero-order chi connectivity index (χ0) is 23.4. The average molecular weight is 518 g/mol.